The Morgan fingerprint density at radius 2 is 1.94 bits per heavy atom. The molecule has 12 heteroatoms. The van der Waals surface area contributed by atoms with Gasteiger partial charge in [0.1, 0.15) is 18.8 Å². The lowest BCUT2D eigenvalue weighted by Gasteiger charge is -2.31. The summed E-state index contributed by atoms with van der Waals surface area (Å²) in [6.45, 7) is 2.95. The molecule has 198 valence electrons. The van der Waals surface area contributed by atoms with E-state index in [4.69, 9.17) is 11.5 Å². The molecule has 0 aromatic heterocycles. The maximum Gasteiger partial charge on any atom is 0.251 e. The molecule has 0 aliphatic carbocycles. The minimum absolute atomic E-state index is 0.0980. The summed E-state index contributed by atoms with van der Waals surface area (Å²) < 4.78 is 13.8. The molecule has 0 spiro atoms. The molecule has 10 nitrogen and oxygen atoms in total. The fraction of sp³-hybridized carbons (Fsp3) is 0.542. The number of alkyl halides is 1. The normalized spacial score (nSPS) is 16.8. The Kier molecular flexibility index (Phi) is 11.3. The fourth-order valence-electron chi connectivity index (χ4n) is 4.03. The molecule has 3 amide bonds. The number of rotatable bonds is 12. The highest BCUT2D eigenvalue weighted by Crippen LogP contribution is 2.21. The average molecular weight is 569 g/mol. The Hall–Kier alpha value is -3.02. The standard InChI is InChI=1S/C24H34BrFN6O4/c1-14(2)20(31-21(34)15-6-3-7-16(25)12-15)23(36)32-11-5-9-18(32)22(35)30-17(19(33)13-26)8-4-10-29-24(27)28/h3,6-7,12,14,17-18,20H,4-5,8-11,13H2,1-2H3,(H,30,35)(H,31,34)(H4,27,28,29). The highest BCUT2D eigenvalue weighted by Gasteiger charge is 2.39. The monoisotopic (exact) mass is 568 g/mol. The van der Waals surface area contributed by atoms with E-state index in [0.29, 0.717) is 31.4 Å². The molecular formula is C24H34BrFN6O4. The van der Waals surface area contributed by atoms with Crippen LogP contribution < -0.4 is 22.1 Å². The van der Waals surface area contributed by atoms with E-state index >= 15 is 0 Å². The molecular weight excluding hydrogens is 535 g/mol. The third-order valence-electron chi connectivity index (χ3n) is 5.93. The van der Waals surface area contributed by atoms with Gasteiger partial charge in [0.05, 0.1) is 6.04 Å². The zero-order chi connectivity index (χ0) is 26.8. The van der Waals surface area contributed by atoms with Crippen molar-refractivity contribution < 1.29 is 23.6 Å². The highest BCUT2D eigenvalue weighted by molar-refractivity contribution is 9.10. The van der Waals surface area contributed by atoms with Gasteiger partial charge in [-0.2, -0.15) is 0 Å². The molecule has 2 rings (SSSR count). The fourth-order valence-corrected chi connectivity index (χ4v) is 4.43. The van der Waals surface area contributed by atoms with Crippen molar-refractivity contribution in [3.8, 4) is 0 Å². The van der Waals surface area contributed by atoms with Crippen LogP contribution in [0, 0.1) is 5.92 Å². The second-order valence-corrected chi connectivity index (χ2v) is 9.92. The van der Waals surface area contributed by atoms with E-state index in [0.717, 1.165) is 4.47 Å². The summed E-state index contributed by atoms with van der Waals surface area (Å²) >= 11 is 3.33. The summed E-state index contributed by atoms with van der Waals surface area (Å²) in [6, 6.07) is 4.07. The van der Waals surface area contributed by atoms with Crippen LogP contribution in [0.1, 0.15) is 49.9 Å². The molecule has 1 fully saturated rings. The predicted molar refractivity (Wildman–Crippen MR) is 138 cm³/mol. The maximum atomic E-state index is 13.4. The number of halogens is 2. The molecule has 0 radical (unpaired) electrons. The van der Waals surface area contributed by atoms with Crippen LogP contribution >= 0.6 is 15.9 Å². The van der Waals surface area contributed by atoms with E-state index in [9.17, 15) is 23.6 Å². The van der Waals surface area contributed by atoms with Crippen LogP contribution in [0.25, 0.3) is 0 Å². The van der Waals surface area contributed by atoms with Crippen LogP contribution in [-0.2, 0) is 14.4 Å². The van der Waals surface area contributed by atoms with Gasteiger partial charge in [0.2, 0.25) is 11.8 Å². The van der Waals surface area contributed by atoms with Crippen molar-refractivity contribution >= 4 is 45.4 Å². The first-order valence-electron chi connectivity index (χ1n) is 11.9. The van der Waals surface area contributed by atoms with Gasteiger partial charge in [0.15, 0.2) is 11.7 Å². The number of hydrogen-bond acceptors (Lipinski definition) is 5. The number of Topliss-reactive ketones (excluding diaryl/α,β-unsaturated/α-hetero) is 1. The Bertz CT molecular complexity index is 985. The van der Waals surface area contributed by atoms with Crippen LogP contribution in [0.5, 0.6) is 0 Å². The van der Waals surface area contributed by atoms with Crippen LogP contribution in [0.4, 0.5) is 4.39 Å². The van der Waals surface area contributed by atoms with Gasteiger partial charge in [-0.05, 0) is 49.8 Å². The third kappa shape index (κ3) is 8.28. The van der Waals surface area contributed by atoms with Gasteiger partial charge in [-0.1, -0.05) is 35.8 Å². The van der Waals surface area contributed by atoms with Crippen LogP contribution in [-0.4, -0.2) is 72.3 Å². The largest absolute Gasteiger partial charge is 0.370 e. The van der Waals surface area contributed by atoms with Gasteiger partial charge in [-0.25, -0.2) is 4.39 Å². The Morgan fingerprint density at radius 1 is 1.22 bits per heavy atom. The molecule has 3 unspecified atom stereocenters. The molecule has 3 atom stereocenters. The number of nitrogens with two attached hydrogens (primary N) is 2. The topological polar surface area (TPSA) is 160 Å². The van der Waals surface area contributed by atoms with Crippen molar-refractivity contribution in [2.24, 2.45) is 22.4 Å². The highest BCUT2D eigenvalue weighted by atomic mass is 79.9. The number of nitrogens with one attached hydrogen (secondary N) is 2. The van der Waals surface area contributed by atoms with Crippen LogP contribution in [0.3, 0.4) is 0 Å². The predicted octanol–water partition coefficient (Wildman–Crippen LogP) is 1.27. The van der Waals surface area contributed by atoms with Gasteiger partial charge < -0.3 is 27.0 Å². The zero-order valence-corrected chi connectivity index (χ0v) is 22.1. The number of guanidine groups is 1. The van der Waals surface area contributed by atoms with E-state index in [-0.39, 0.29) is 30.8 Å². The minimum Gasteiger partial charge on any atom is -0.370 e. The van der Waals surface area contributed by atoms with Crippen molar-refractivity contribution in [3.63, 3.8) is 0 Å². The summed E-state index contributed by atoms with van der Waals surface area (Å²) in [5.74, 6) is -2.42. The van der Waals surface area contributed by atoms with Gasteiger partial charge in [-0.3, -0.25) is 24.2 Å². The van der Waals surface area contributed by atoms with E-state index in [1.807, 2.05) is 0 Å². The van der Waals surface area contributed by atoms with Crippen LogP contribution in [0.2, 0.25) is 0 Å². The van der Waals surface area contributed by atoms with Gasteiger partial charge >= 0.3 is 0 Å². The van der Waals surface area contributed by atoms with E-state index in [1.165, 1.54) is 4.90 Å². The number of likely N-dealkylation sites (tertiary alicyclic amines) is 1. The van der Waals surface area contributed by atoms with Gasteiger partial charge in [0, 0.05) is 23.1 Å². The van der Waals surface area contributed by atoms with E-state index in [1.54, 1.807) is 38.1 Å². The summed E-state index contributed by atoms with van der Waals surface area (Å²) in [5, 5.41) is 5.39. The van der Waals surface area contributed by atoms with Gasteiger partial charge in [-0.15, -0.1) is 0 Å². The van der Waals surface area contributed by atoms with Crippen molar-refractivity contribution in [3.05, 3.63) is 34.3 Å². The van der Waals surface area contributed by atoms with Crippen molar-refractivity contribution in [2.45, 2.75) is 57.7 Å². The third-order valence-corrected chi connectivity index (χ3v) is 6.42. The minimum atomic E-state index is -1.22. The Labute approximate surface area is 218 Å². The van der Waals surface area contributed by atoms with E-state index in [2.05, 4.69) is 31.6 Å². The van der Waals surface area contributed by atoms with Crippen molar-refractivity contribution in [2.75, 3.05) is 19.8 Å². The molecule has 0 saturated carbocycles. The molecule has 0 bridgehead atoms. The Balaban J connectivity index is 2.10. The maximum absolute atomic E-state index is 13.4. The summed E-state index contributed by atoms with van der Waals surface area (Å²) in [6.07, 6.45) is 1.50. The molecule has 1 saturated heterocycles. The molecule has 1 aliphatic heterocycles. The number of hydrogen-bond donors (Lipinski definition) is 4. The summed E-state index contributed by atoms with van der Waals surface area (Å²) in [5.41, 5.74) is 11.0. The second kappa shape index (κ2) is 13.9. The smallest absolute Gasteiger partial charge is 0.251 e. The quantitative estimate of drug-likeness (QED) is 0.169. The molecule has 1 aromatic rings. The lowest BCUT2D eigenvalue weighted by atomic mass is 10.0. The first-order valence-corrected chi connectivity index (χ1v) is 12.7. The van der Waals surface area contributed by atoms with Crippen molar-refractivity contribution in [1.82, 2.24) is 15.5 Å². The summed E-state index contributed by atoms with van der Waals surface area (Å²) in [4.78, 5) is 56.6. The Morgan fingerprint density at radius 3 is 2.56 bits per heavy atom. The SMILES string of the molecule is CC(C)C(NC(=O)c1cccc(Br)c1)C(=O)N1CCCC1C(=O)NC(CCCN=C(N)N)C(=O)CF. The molecule has 1 heterocycles. The lowest BCUT2D eigenvalue weighted by Crippen LogP contribution is -2.56. The van der Waals surface area contributed by atoms with Gasteiger partial charge in [0.25, 0.3) is 5.91 Å². The van der Waals surface area contributed by atoms with E-state index < -0.39 is 42.4 Å². The second-order valence-electron chi connectivity index (χ2n) is 9.01. The lowest BCUT2D eigenvalue weighted by molar-refractivity contribution is -0.141. The first kappa shape index (κ1) is 29.2. The number of carbonyl (C=O) groups is 4. The number of nitrogens with zero attached hydrogens (tertiary/aromatic N) is 2. The number of ketones is 1. The molecule has 6 N–H and O–H groups in total. The average Bonchev–Trinajstić information content (AvgIpc) is 3.33. The molecule has 1 aromatic carbocycles. The zero-order valence-electron chi connectivity index (χ0n) is 20.5. The van der Waals surface area contributed by atoms with Crippen LogP contribution in [0.15, 0.2) is 33.7 Å². The number of carbonyl (C=O) groups excluding carboxylic acids is 4. The first-order chi connectivity index (χ1) is 17.0. The van der Waals surface area contributed by atoms with Crippen molar-refractivity contribution in [1.29, 1.82) is 0 Å². The number of amides is 3. The molecule has 36 heavy (non-hydrogen) atoms. The number of benzene rings is 1. The molecule has 1 aliphatic rings. The summed E-state index contributed by atoms with van der Waals surface area (Å²) in [7, 11) is 0. The number of aliphatic imine (C=N–C) groups is 1.